The Morgan fingerprint density at radius 3 is 2.81 bits per heavy atom. The van der Waals surface area contributed by atoms with Gasteiger partial charge in [0.2, 0.25) is 5.91 Å². The van der Waals surface area contributed by atoms with Gasteiger partial charge in [0.05, 0.1) is 6.61 Å². The summed E-state index contributed by atoms with van der Waals surface area (Å²) >= 11 is 0. The van der Waals surface area contributed by atoms with Crippen molar-refractivity contribution in [2.24, 2.45) is 5.41 Å². The van der Waals surface area contributed by atoms with E-state index >= 15 is 0 Å². The quantitative estimate of drug-likeness (QED) is 0.846. The number of piperidine rings is 1. The van der Waals surface area contributed by atoms with Crippen LogP contribution in [0.15, 0.2) is 43.0 Å². The zero-order valence-electron chi connectivity index (χ0n) is 12.8. The molecule has 1 heterocycles. The minimum Gasteiger partial charge on any atom is -0.396 e. The second-order valence-electron chi connectivity index (χ2n) is 6.34. The highest BCUT2D eigenvalue weighted by atomic mass is 16.3. The zero-order chi connectivity index (χ0) is 15.3. The van der Waals surface area contributed by atoms with Crippen LogP contribution in [0, 0.1) is 5.41 Å². The van der Waals surface area contributed by atoms with Crippen molar-refractivity contribution in [3.8, 4) is 0 Å². The molecule has 1 amide bonds. The Morgan fingerprint density at radius 1 is 1.48 bits per heavy atom. The van der Waals surface area contributed by atoms with Crippen molar-refractivity contribution in [1.82, 2.24) is 4.90 Å². The predicted octanol–water partition coefficient (Wildman–Crippen LogP) is 2.97. The molecule has 1 aliphatic rings. The number of aliphatic hydroxyl groups excluding tert-OH is 1. The van der Waals surface area contributed by atoms with Crippen molar-refractivity contribution >= 4 is 5.91 Å². The van der Waals surface area contributed by atoms with Crippen LogP contribution < -0.4 is 0 Å². The Bertz CT molecular complexity index is 485. The molecule has 1 aliphatic heterocycles. The molecule has 1 saturated heterocycles. The number of likely N-dealkylation sites (tertiary alicyclic amines) is 1. The molecule has 0 spiro atoms. The average Bonchev–Trinajstić information content (AvgIpc) is 2.53. The summed E-state index contributed by atoms with van der Waals surface area (Å²) in [5, 5.41) is 9.50. The number of rotatable bonds is 5. The van der Waals surface area contributed by atoms with Crippen molar-refractivity contribution in [3.63, 3.8) is 0 Å². The Hall–Kier alpha value is -1.61. The van der Waals surface area contributed by atoms with Gasteiger partial charge >= 0.3 is 0 Å². The third kappa shape index (κ3) is 3.94. The van der Waals surface area contributed by atoms with Crippen LogP contribution in [0.25, 0.3) is 0 Å². The van der Waals surface area contributed by atoms with Crippen molar-refractivity contribution in [2.75, 3.05) is 19.7 Å². The van der Waals surface area contributed by atoms with Gasteiger partial charge in [0.25, 0.3) is 0 Å². The largest absolute Gasteiger partial charge is 0.396 e. The van der Waals surface area contributed by atoms with E-state index in [1.54, 1.807) is 0 Å². The van der Waals surface area contributed by atoms with Crippen molar-refractivity contribution in [3.05, 3.63) is 48.6 Å². The maximum atomic E-state index is 12.5. The molecular formula is C18H25NO2. The molecule has 1 aromatic carbocycles. The van der Waals surface area contributed by atoms with Crippen LogP contribution in [-0.2, 0) is 4.79 Å². The van der Waals surface area contributed by atoms with E-state index in [0.29, 0.717) is 13.0 Å². The molecular weight excluding hydrogens is 262 g/mol. The van der Waals surface area contributed by atoms with Gasteiger partial charge in [0.15, 0.2) is 0 Å². The number of hydrogen-bond acceptors (Lipinski definition) is 2. The second kappa shape index (κ2) is 6.90. The van der Waals surface area contributed by atoms with Crippen molar-refractivity contribution in [2.45, 2.75) is 32.1 Å². The summed E-state index contributed by atoms with van der Waals surface area (Å²) < 4.78 is 0. The molecule has 1 fully saturated rings. The lowest BCUT2D eigenvalue weighted by Gasteiger charge is -2.39. The molecule has 21 heavy (non-hydrogen) atoms. The molecule has 1 N–H and O–H groups in total. The summed E-state index contributed by atoms with van der Waals surface area (Å²) in [6.07, 6.45) is 4.25. The molecule has 0 radical (unpaired) electrons. The van der Waals surface area contributed by atoms with Crippen LogP contribution in [0.4, 0.5) is 0 Å². The predicted molar refractivity (Wildman–Crippen MR) is 85.0 cm³/mol. The van der Waals surface area contributed by atoms with Gasteiger partial charge in [0, 0.05) is 30.8 Å². The molecule has 2 atom stereocenters. The van der Waals surface area contributed by atoms with E-state index in [1.807, 2.05) is 41.3 Å². The van der Waals surface area contributed by atoms with Crippen LogP contribution in [0.2, 0.25) is 0 Å². The standard InChI is InChI=1S/C18H25NO2/c1-3-15(16-8-5-4-6-9-16)12-17(21)19-11-7-10-18(2,13-19)14-20/h3-6,8-9,15,20H,1,7,10-14H2,2H3. The van der Waals surface area contributed by atoms with Crippen LogP contribution in [0.5, 0.6) is 0 Å². The second-order valence-corrected chi connectivity index (χ2v) is 6.34. The minimum atomic E-state index is -0.148. The Balaban J connectivity index is 2.01. The number of aliphatic hydroxyl groups is 1. The summed E-state index contributed by atoms with van der Waals surface area (Å²) in [6, 6.07) is 10.0. The number of amides is 1. The van der Waals surface area contributed by atoms with Crippen molar-refractivity contribution in [1.29, 1.82) is 0 Å². The maximum Gasteiger partial charge on any atom is 0.223 e. The number of carbonyl (C=O) groups is 1. The van der Waals surface area contributed by atoms with Gasteiger partial charge in [-0.1, -0.05) is 43.3 Å². The Kier molecular flexibility index (Phi) is 5.18. The highest BCUT2D eigenvalue weighted by Gasteiger charge is 2.32. The van der Waals surface area contributed by atoms with E-state index in [4.69, 9.17) is 0 Å². The van der Waals surface area contributed by atoms with Gasteiger partial charge in [-0.15, -0.1) is 6.58 Å². The minimum absolute atomic E-state index is 0.0565. The van der Waals surface area contributed by atoms with Crippen LogP contribution in [0.3, 0.4) is 0 Å². The molecule has 2 unspecified atom stereocenters. The molecule has 114 valence electrons. The lowest BCUT2D eigenvalue weighted by atomic mass is 9.82. The topological polar surface area (TPSA) is 40.5 Å². The lowest BCUT2D eigenvalue weighted by molar-refractivity contribution is -0.135. The van der Waals surface area contributed by atoms with Gasteiger partial charge in [-0.05, 0) is 18.4 Å². The number of nitrogens with zero attached hydrogens (tertiary/aromatic N) is 1. The molecule has 0 aromatic heterocycles. The first-order chi connectivity index (χ1) is 10.1. The van der Waals surface area contributed by atoms with E-state index in [1.165, 1.54) is 0 Å². The summed E-state index contributed by atoms with van der Waals surface area (Å²) in [5.74, 6) is 0.212. The van der Waals surface area contributed by atoms with E-state index in [-0.39, 0.29) is 23.8 Å². The fourth-order valence-corrected chi connectivity index (χ4v) is 3.01. The smallest absolute Gasteiger partial charge is 0.223 e. The van der Waals surface area contributed by atoms with Crippen LogP contribution in [-0.4, -0.2) is 35.6 Å². The zero-order valence-corrected chi connectivity index (χ0v) is 12.8. The average molecular weight is 287 g/mol. The fraction of sp³-hybridized carbons (Fsp3) is 0.500. The van der Waals surface area contributed by atoms with E-state index in [9.17, 15) is 9.90 Å². The molecule has 3 heteroatoms. The molecule has 2 rings (SSSR count). The first-order valence-electron chi connectivity index (χ1n) is 7.64. The number of hydrogen-bond donors (Lipinski definition) is 1. The van der Waals surface area contributed by atoms with Gasteiger partial charge in [0.1, 0.15) is 0 Å². The molecule has 1 aromatic rings. The summed E-state index contributed by atoms with van der Waals surface area (Å²) in [4.78, 5) is 14.4. The van der Waals surface area contributed by atoms with E-state index in [0.717, 1.165) is 24.9 Å². The molecule has 0 aliphatic carbocycles. The third-order valence-electron chi connectivity index (χ3n) is 4.42. The van der Waals surface area contributed by atoms with Gasteiger partial charge in [-0.2, -0.15) is 0 Å². The highest BCUT2D eigenvalue weighted by Crippen LogP contribution is 2.30. The summed E-state index contributed by atoms with van der Waals surface area (Å²) in [7, 11) is 0. The van der Waals surface area contributed by atoms with Gasteiger partial charge < -0.3 is 10.0 Å². The van der Waals surface area contributed by atoms with Crippen LogP contribution in [0.1, 0.15) is 37.7 Å². The third-order valence-corrected chi connectivity index (χ3v) is 4.42. The first kappa shape index (κ1) is 15.8. The van der Waals surface area contributed by atoms with Crippen molar-refractivity contribution < 1.29 is 9.90 Å². The Labute approximate surface area is 127 Å². The van der Waals surface area contributed by atoms with E-state index < -0.39 is 0 Å². The number of allylic oxidation sites excluding steroid dienone is 1. The summed E-state index contributed by atoms with van der Waals surface area (Å²) in [5.41, 5.74) is 0.979. The van der Waals surface area contributed by atoms with Gasteiger partial charge in [-0.25, -0.2) is 0 Å². The monoisotopic (exact) mass is 287 g/mol. The molecule has 0 saturated carbocycles. The number of benzene rings is 1. The maximum absolute atomic E-state index is 12.5. The summed E-state index contributed by atoms with van der Waals surface area (Å²) in [6.45, 7) is 7.51. The van der Waals surface area contributed by atoms with Gasteiger partial charge in [-0.3, -0.25) is 4.79 Å². The van der Waals surface area contributed by atoms with E-state index in [2.05, 4.69) is 13.5 Å². The number of carbonyl (C=O) groups excluding carboxylic acids is 1. The fourth-order valence-electron chi connectivity index (χ4n) is 3.01. The normalized spacial score (nSPS) is 23.6. The molecule has 3 nitrogen and oxygen atoms in total. The molecule has 0 bridgehead atoms. The first-order valence-corrected chi connectivity index (χ1v) is 7.64. The lowest BCUT2D eigenvalue weighted by Crippen LogP contribution is -2.46. The Morgan fingerprint density at radius 2 is 2.19 bits per heavy atom. The SMILES string of the molecule is C=CC(CC(=O)N1CCCC(C)(CO)C1)c1ccccc1. The van der Waals surface area contributed by atoms with Crippen LogP contribution >= 0.6 is 0 Å². The highest BCUT2D eigenvalue weighted by molar-refractivity contribution is 5.77.